The van der Waals surface area contributed by atoms with E-state index in [4.69, 9.17) is 4.42 Å². The second kappa shape index (κ2) is 6.01. The Labute approximate surface area is 128 Å². The van der Waals surface area contributed by atoms with Crippen molar-refractivity contribution in [3.63, 3.8) is 0 Å². The van der Waals surface area contributed by atoms with Gasteiger partial charge in [-0.2, -0.15) is 0 Å². The summed E-state index contributed by atoms with van der Waals surface area (Å²) >= 11 is 0. The molecule has 1 aliphatic rings. The highest BCUT2D eigenvalue weighted by molar-refractivity contribution is 5.98. The Bertz CT molecular complexity index is 682. The number of likely N-dealkylation sites (tertiary alicyclic amines) is 1. The fourth-order valence-electron chi connectivity index (χ4n) is 2.59. The molecule has 0 unspecified atom stereocenters. The Morgan fingerprint density at radius 1 is 1.50 bits per heavy atom. The van der Waals surface area contributed by atoms with Crippen LogP contribution in [0.5, 0.6) is 0 Å². The summed E-state index contributed by atoms with van der Waals surface area (Å²) in [7, 11) is 0. The molecule has 2 amide bonds. The highest BCUT2D eigenvalue weighted by Gasteiger charge is 2.36. The first-order valence-corrected chi connectivity index (χ1v) is 7.19. The smallest absolute Gasteiger partial charge is 0.248 e. The van der Waals surface area contributed by atoms with Gasteiger partial charge >= 0.3 is 0 Å². The van der Waals surface area contributed by atoms with Gasteiger partial charge in [-0.15, -0.1) is 0 Å². The number of nitrogens with zero attached hydrogens (tertiary/aromatic N) is 2. The van der Waals surface area contributed by atoms with Gasteiger partial charge in [0, 0.05) is 12.6 Å². The summed E-state index contributed by atoms with van der Waals surface area (Å²) in [5, 5.41) is 2.78. The molecule has 2 aromatic rings. The molecule has 3 rings (SSSR count). The lowest BCUT2D eigenvalue weighted by Gasteiger charge is -2.22. The van der Waals surface area contributed by atoms with Crippen molar-refractivity contribution in [2.24, 2.45) is 0 Å². The first kappa shape index (κ1) is 14.3. The fourth-order valence-corrected chi connectivity index (χ4v) is 2.59. The van der Waals surface area contributed by atoms with E-state index in [0.29, 0.717) is 31.0 Å². The van der Waals surface area contributed by atoms with Gasteiger partial charge in [0.05, 0.1) is 12.8 Å². The summed E-state index contributed by atoms with van der Waals surface area (Å²) in [5.74, 6) is 0.924. The summed E-state index contributed by atoms with van der Waals surface area (Å²) in [6, 6.07) is 6.73. The van der Waals surface area contributed by atoms with Crippen molar-refractivity contribution in [1.29, 1.82) is 0 Å². The maximum absolute atomic E-state index is 12.4. The molecule has 1 atom stereocenters. The van der Waals surface area contributed by atoms with Crippen molar-refractivity contribution >= 4 is 17.6 Å². The van der Waals surface area contributed by atoms with Crippen molar-refractivity contribution < 1.29 is 14.0 Å². The summed E-state index contributed by atoms with van der Waals surface area (Å²) in [6.45, 7) is 2.24. The van der Waals surface area contributed by atoms with E-state index in [2.05, 4.69) is 10.3 Å². The van der Waals surface area contributed by atoms with E-state index in [-0.39, 0.29) is 11.8 Å². The van der Waals surface area contributed by atoms with Crippen molar-refractivity contribution in [2.75, 3.05) is 5.32 Å². The van der Waals surface area contributed by atoms with E-state index in [1.54, 1.807) is 35.6 Å². The molecule has 3 heterocycles. The average Bonchev–Trinajstić information content (AvgIpc) is 3.10. The molecular formula is C16H17N3O3. The fraction of sp³-hybridized carbons (Fsp3) is 0.312. The van der Waals surface area contributed by atoms with Gasteiger partial charge in [-0.3, -0.25) is 9.59 Å². The van der Waals surface area contributed by atoms with Crippen LogP contribution in [0.25, 0.3) is 0 Å². The zero-order valence-electron chi connectivity index (χ0n) is 12.3. The van der Waals surface area contributed by atoms with Crippen LogP contribution in [0, 0.1) is 6.92 Å². The molecule has 6 heteroatoms. The molecular weight excluding hydrogens is 282 g/mol. The van der Waals surface area contributed by atoms with Gasteiger partial charge < -0.3 is 14.6 Å². The maximum atomic E-state index is 12.4. The third-order valence-corrected chi connectivity index (χ3v) is 3.70. The van der Waals surface area contributed by atoms with Crippen LogP contribution in [-0.4, -0.2) is 27.7 Å². The van der Waals surface area contributed by atoms with Gasteiger partial charge in [-0.1, -0.05) is 0 Å². The molecule has 1 aliphatic heterocycles. The van der Waals surface area contributed by atoms with Crippen molar-refractivity contribution in [3.8, 4) is 0 Å². The Balaban J connectivity index is 1.71. The van der Waals surface area contributed by atoms with Crippen molar-refractivity contribution in [3.05, 3.63) is 48.0 Å². The predicted octanol–water partition coefficient (Wildman–Crippen LogP) is 2.11. The Hall–Kier alpha value is -2.63. The van der Waals surface area contributed by atoms with Crippen LogP contribution >= 0.6 is 0 Å². The van der Waals surface area contributed by atoms with E-state index < -0.39 is 6.04 Å². The number of aromatic nitrogens is 1. The van der Waals surface area contributed by atoms with Crippen LogP contribution in [0.1, 0.15) is 24.2 Å². The SMILES string of the molecule is Cc1ccnc(NC(=O)[C@H]2CCC(=O)N2Cc2ccco2)c1. The first-order valence-electron chi connectivity index (χ1n) is 7.19. The number of hydrogen-bond donors (Lipinski definition) is 1. The molecule has 0 saturated carbocycles. The third kappa shape index (κ3) is 3.00. The number of carbonyl (C=O) groups is 2. The molecule has 1 fully saturated rings. The quantitative estimate of drug-likeness (QED) is 0.938. The second-order valence-corrected chi connectivity index (χ2v) is 5.36. The molecule has 6 nitrogen and oxygen atoms in total. The summed E-state index contributed by atoms with van der Waals surface area (Å²) in [6.07, 6.45) is 4.09. The number of amides is 2. The summed E-state index contributed by atoms with van der Waals surface area (Å²) < 4.78 is 5.27. The molecule has 0 spiro atoms. The van der Waals surface area contributed by atoms with Gasteiger partial charge in [0.25, 0.3) is 0 Å². The van der Waals surface area contributed by atoms with Gasteiger partial charge in [-0.25, -0.2) is 4.98 Å². The van der Waals surface area contributed by atoms with Crippen LogP contribution in [0.15, 0.2) is 41.1 Å². The largest absolute Gasteiger partial charge is 0.467 e. The minimum atomic E-state index is -0.486. The molecule has 1 saturated heterocycles. The van der Waals surface area contributed by atoms with Gasteiger partial charge in [0.1, 0.15) is 17.6 Å². The minimum absolute atomic E-state index is 0.0336. The maximum Gasteiger partial charge on any atom is 0.248 e. The van der Waals surface area contributed by atoms with Gasteiger partial charge in [0.15, 0.2) is 0 Å². The van der Waals surface area contributed by atoms with E-state index in [1.165, 1.54) is 0 Å². The predicted molar refractivity (Wildman–Crippen MR) is 79.9 cm³/mol. The molecule has 2 aromatic heterocycles. The highest BCUT2D eigenvalue weighted by Crippen LogP contribution is 2.23. The molecule has 1 N–H and O–H groups in total. The zero-order chi connectivity index (χ0) is 15.5. The van der Waals surface area contributed by atoms with Crippen LogP contribution in [0.2, 0.25) is 0 Å². The topological polar surface area (TPSA) is 75.4 Å². The number of hydrogen-bond acceptors (Lipinski definition) is 4. The molecule has 22 heavy (non-hydrogen) atoms. The van der Waals surface area contributed by atoms with Crippen LogP contribution in [0.3, 0.4) is 0 Å². The lowest BCUT2D eigenvalue weighted by atomic mass is 10.2. The lowest BCUT2D eigenvalue weighted by Crippen LogP contribution is -2.41. The standard InChI is InChI=1S/C16H17N3O3/c1-11-6-7-17-14(9-11)18-16(21)13-4-5-15(20)19(13)10-12-3-2-8-22-12/h2-3,6-9,13H,4-5,10H2,1H3,(H,17,18,21)/t13-/m1/s1. The second-order valence-electron chi connectivity index (χ2n) is 5.36. The third-order valence-electron chi connectivity index (χ3n) is 3.70. The Morgan fingerprint density at radius 2 is 2.36 bits per heavy atom. The van der Waals surface area contributed by atoms with Gasteiger partial charge in [0.2, 0.25) is 11.8 Å². The number of aryl methyl sites for hydroxylation is 1. The van der Waals surface area contributed by atoms with E-state index >= 15 is 0 Å². The number of rotatable bonds is 4. The Kier molecular flexibility index (Phi) is 3.91. The normalized spacial score (nSPS) is 17.8. The number of furan rings is 1. The minimum Gasteiger partial charge on any atom is -0.467 e. The van der Waals surface area contributed by atoms with Crippen molar-refractivity contribution in [1.82, 2.24) is 9.88 Å². The van der Waals surface area contributed by atoms with E-state index in [1.807, 2.05) is 13.0 Å². The van der Waals surface area contributed by atoms with E-state index in [9.17, 15) is 9.59 Å². The average molecular weight is 299 g/mol. The van der Waals surface area contributed by atoms with E-state index in [0.717, 1.165) is 5.56 Å². The summed E-state index contributed by atoms with van der Waals surface area (Å²) in [5.41, 5.74) is 1.01. The first-order chi connectivity index (χ1) is 10.6. The van der Waals surface area contributed by atoms with Crippen molar-refractivity contribution in [2.45, 2.75) is 32.4 Å². The van der Waals surface area contributed by atoms with Crippen LogP contribution < -0.4 is 5.32 Å². The summed E-state index contributed by atoms with van der Waals surface area (Å²) in [4.78, 5) is 30.1. The number of nitrogens with one attached hydrogen (secondary N) is 1. The Morgan fingerprint density at radius 3 is 3.09 bits per heavy atom. The molecule has 0 bridgehead atoms. The van der Waals surface area contributed by atoms with Crippen LogP contribution in [-0.2, 0) is 16.1 Å². The van der Waals surface area contributed by atoms with Crippen LogP contribution in [0.4, 0.5) is 5.82 Å². The highest BCUT2D eigenvalue weighted by atomic mass is 16.3. The monoisotopic (exact) mass is 299 g/mol. The molecule has 0 aliphatic carbocycles. The molecule has 0 radical (unpaired) electrons. The zero-order valence-corrected chi connectivity index (χ0v) is 12.3. The lowest BCUT2D eigenvalue weighted by molar-refractivity contribution is -0.134. The molecule has 0 aromatic carbocycles. The van der Waals surface area contributed by atoms with Gasteiger partial charge in [-0.05, 0) is 43.2 Å². The molecule has 114 valence electrons. The number of pyridine rings is 1. The number of carbonyl (C=O) groups excluding carboxylic acids is 2. The number of anilines is 1.